The van der Waals surface area contributed by atoms with Crippen molar-refractivity contribution in [1.29, 1.82) is 0 Å². The van der Waals surface area contributed by atoms with Crippen LogP contribution < -0.4 is 5.32 Å². The lowest BCUT2D eigenvalue weighted by molar-refractivity contribution is -0.384. The van der Waals surface area contributed by atoms with Crippen LogP contribution in [0, 0.1) is 17.0 Å². The molecule has 0 bridgehead atoms. The topological polar surface area (TPSA) is 72.2 Å². The van der Waals surface area contributed by atoms with E-state index in [1.54, 1.807) is 19.1 Å². The van der Waals surface area contributed by atoms with E-state index in [9.17, 15) is 14.9 Å². The highest BCUT2D eigenvalue weighted by Crippen LogP contribution is 2.19. The first-order valence-corrected chi connectivity index (χ1v) is 6.58. The van der Waals surface area contributed by atoms with Crippen LogP contribution in [-0.4, -0.2) is 10.8 Å². The van der Waals surface area contributed by atoms with Gasteiger partial charge in [-0.2, -0.15) is 0 Å². The van der Waals surface area contributed by atoms with E-state index in [2.05, 4.69) is 21.2 Å². The van der Waals surface area contributed by atoms with E-state index in [1.165, 1.54) is 18.2 Å². The maximum Gasteiger partial charge on any atom is 0.269 e. The van der Waals surface area contributed by atoms with Gasteiger partial charge in [-0.3, -0.25) is 14.9 Å². The summed E-state index contributed by atoms with van der Waals surface area (Å²) in [6.45, 7) is 1.67. The Morgan fingerprint density at radius 2 is 1.85 bits per heavy atom. The molecule has 2 aromatic carbocycles. The van der Waals surface area contributed by atoms with Crippen molar-refractivity contribution in [1.82, 2.24) is 0 Å². The molecule has 20 heavy (non-hydrogen) atoms. The molecule has 1 N–H and O–H groups in total. The van der Waals surface area contributed by atoms with Crippen LogP contribution in [0.3, 0.4) is 0 Å². The van der Waals surface area contributed by atoms with Crippen molar-refractivity contribution in [2.75, 3.05) is 5.32 Å². The van der Waals surface area contributed by atoms with Gasteiger partial charge in [-0.1, -0.05) is 15.9 Å². The number of nitrogens with zero attached hydrogens (tertiary/aromatic N) is 1. The van der Waals surface area contributed by atoms with Crippen molar-refractivity contribution < 1.29 is 9.72 Å². The highest BCUT2D eigenvalue weighted by molar-refractivity contribution is 9.10. The van der Waals surface area contributed by atoms with E-state index < -0.39 is 4.92 Å². The molecule has 0 aliphatic rings. The molecule has 0 atom stereocenters. The summed E-state index contributed by atoms with van der Waals surface area (Å²) in [6.07, 6.45) is 0. The predicted octanol–water partition coefficient (Wildman–Crippen LogP) is 3.92. The fourth-order valence-electron chi connectivity index (χ4n) is 1.75. The molecule has 0 heterocycles. The molecule has 0 aliphatic heterocycles. The zero-order valence-electron chi connectivity index (χ0n) is 10.6. The Kier molecular flexibility index (Phi) is 4.14. The maximum atomic E-state index is 12.1. The first-order valence-electron chi connectivity index (χ1n) is 5.79. The second-order valence-corrected chi connectivity index (χ2v) is 5.13. The molecule has 5 nitrogen and oxygen atoms in total. The second kappa shape index (κ2) is 5.83. The van der Waals surface area contributed by atoms with Gasteiger partial charge in [0, 0.05) is 27.9 Å². The molecule has 102 valence electrons. The van der Waals surface area contributed by atoms with Crippen LogP contribution in [0.5, 0.6) is 0 Å². The van der Waals surface area contributed by atoms with Gasteiger partial charge in [0.2, 0.25) is 0 Å². The molecule has 0 fully saturated rings. The number of rotatable bonds is 3. The number of aryl methyl sites for hydroxylation is 1. The van der Waals surface area contributed by atoms with E-state index >= 15 is 0 Å². The smallest absolute Gasteiger partial charge is 0.269 e. The van der Waals surface area contributed by atoms with Gasteiger partial charge in [-0.25, -0.2) is 0 Å². The van der Waals surface area contributed by atoms with Crippen LogP contribution >= 0.6 is 15.9 Å². The van der Waals surface area contributed by atoms with Crippen LogP contribution in [0.15, 0.2) is 46.9 Å². The van der Waals surface area contributed by atoms with E-state index in [-0.39, 0.29) is 11.6 Å². The van der Waals surface area contributed by atoms with Crippen LogP contribution in [-0.2, 0) is 0 Å². The average molecular weight is 335 g/mol. The van der Waals surface area contributed by atoms with Gasteiger partial charge in [0.1, 0.15) is 0 Å². The van der Waals surface area contributed by atoms with Crippen LogP contribution in [0.25, 0.3) is 0 Å². The largest absolute Gasteiger partial charge is 0.322 e. The molecule has 6 heteroatoms. The van der Waals surface area contributed by atoms with Gasteiger partial charge in [-0.05, 0) is 42.8 Å². The summed E-state index contributed by atoms with van der Waals surface area (Å²) in [4.78, 5) is 22.3. The summed E-state index contributed by atoms with van der Waals surface area (Å²) < 4.78 is 0.919. The van der Waals surface area contributed by atoms with E-state index in [4.69, 9.17) is 0 Å². The summed E-state index contributed by atoms with van der Waals surface area (Å²) in [6, 6.07) is 11.3. The Balaban J connectivity index is 2.21. The van der Waals surface area contributed by atoms with Crippen molar-refractivity contribution in [3.63, 3.8) is 0 Å². The number of nitro groups is 1. The number of hydrogen-bond acceptors (Lipinski definition) is 3. The molecule has 0 aromatic heterocycles. The van der Waals surface area contributed by atoms with Gasteiger partial charge in [0.05, 0.1) is 4.92 Å². The number of nitro benzene ring substituents is 1. The molecular formula is C14H11BrN2O3. The number of non-ortho nitro benzene ring substituents is 1. The maximum absolute atomic E-state index is 12.1. The fraction of sp³-hybridized carbons (Fsp3) is 0.0714. The van der Waals surface area contributed by atoms with E-state index in [0.29, 0.717) is 16.8 Å². The fourth-order valence-corrected chi connectivity index (χ4v) is 2.01. The van der Waals surface area contributed by atoms with Crippen LogP contribution in [0.4, 0.5) is 11.4 Å². The van der Waals surface area contributed by atoms with Crippen LogP contribution in [0.2, 0.25) is 0 Å². The van der Waals surface area contributed by atoms with Gasteiger partial charge >= 0.3 is 0 Å². The second-order valence-electron chi connectivity index (χ2n) is 4.22. The lowest BCUT2D eigenvalue weighted by atomic mass is 10.1. The predicted molar refractivity (Wildman–Crippen MR) is 79.9 cm³/mol. The molecule has 0 unspecified atom stereocenters. The van der Waals surface area contributed by atoms with Crippen molar-refractivity contribution in [3.8, 4) is 0 Å². The third kappa shape index (κ3) is 3.21. The SMILES string of the molecule is Cc1cc([N+](=O)[O-])ccc1C(=O)Nc1ccc(Br)cc1. The number of hydrogen-bond donors (Lipinski definition) is 1. The minimum Gasteiger partial charge on any atom is -0.322 e. The average Bonchev–Trinajstić information content (AvgIpc) is 2.41. The molecule has 0 radical (unpaired) electrons. The lowest BCUT2D eigenvalue weighted by Gasteiger charge is -2.07. The van der Waals surface area contributed by atoms with Gasteiger partial charge in [0.15, 0.2) is 0 Å². The van der Waals surface area contributed by atoms with Crippen molar-refractivity contribution in [3.05, 3.63) is 68.2 Å². The molecule has 0 aliphatic carbocycles. The Morgan fingerprint density at radius 3 is 2.40 bits per heavy atom. The summed E-state index contributed by atoms with van der Waals surface area (Å²) in [7, 11) is 0. The zero-order chi connectivity index (χ0) is 14.7. The molecule has 0 saturated carbocycles. The van der Waals surface area contributed by atoms with E-state index in [0.717, 1.165) is 4.47 Å². The number of nitrogens with one attached hydrogen (secondary N) is 1. The molecule has 1 amide bonds. The number of amides is 1. The zero-order valence-corrected chi connectivity index (χ0v) is 12.2. The number of benzene rings is 2. The first kappa shape index (κ1) is 14.2. The molecule has 0 saturated heterocycles. The molecule has 2 rings (SSSR count). The summed E-state index contributed by atoms with van der Waals surface area (Å²) in [5.41, 5.74) is 1.62. The lowest BCUT2D eigenvalue weighted by Crippen LogP contribution is -2.13. The van der Waals surface area contributed by atoms with Crippen molar-refractivity contribution in [2.45, 2.75) is 6.92 Å². The minimum atomic E-state index is -0.483. The Hall–Kier alpha value is -2.21. The summed E-state index contributed by atoms with van der Waals surface area (Å²) in [5.74, 6) is -0.292. The quantitative estimate of drug-likeness (QED) is 0.683. The normalized spacial score (nSPS) is 10.1. The minimum absolute atomic E-state index is 0.0253. The number of anilines is 1. The van der Waals surface area contributed by atoms with Crippen molar-refractivity contribution in [2.24, 2.45) is 0 Å². The Bertz CT molecular complexity index is 669. The van der Waals surface area contributed by atoms with Gasteiger partial charge in [-0.15, -0.1) is 0 Å². The third-order valence-corrected chi connectivity index (χ3v) is 3.30. The number of carbonyl (C=O) groups is 1. The standard InChI is InChI=1S/C14H11BrN2O3/c1-9-8-12(17(19)20)6-7-13(9)14(18)16-11-4-2-10(15)3-5-11/h2-8H,1H3,(H,16,18). The monoisotopic (exact) mass is 334 g/mol. The molecule has 0 spiro atoms. The summed E-state index contributed by atoms with van der Waals surface area (Å²) in [5, 5.41) is 13.4. The van der Waals surface area contributed by atoms with Crippen molar-refractivity contribution >= 4 is 33.2 Å². The van der Waals surface area contributed by atoms with Crippen LogP contribution in [0.1, 0.15) is 15.9 Å². The van der Waals surface area contributed by atoms with Gasteiger partial charge in [0.25, 0.3) is 11.6 Å². The number of carbonyl (C=O) groups excluding carboxylic acids is 1. The molecule has 2 aromatic rings. The molecular weight excluding hydrogens is 324 g/mol. The summed E-state index contributed by atoms with van der Waals surface area (Å²) >= 11 is 3.31. The number of halogens is 1. The highest BCUT2D eigenvalue weighted by Gasteiger charge is 2.13. The van der Waals surface area contributed by atoms with E-state index in [1.807, 2.05) is 12.1 Å². The Labute approximate surface area is 123 Å². The van der Waals surface area contributed by atoms with Gasteiger partial charge < -0.3 is 5.32 Å². The highest BCUT2D eigenvalue weighted by atomic mass is 79.9. The Morgan fingerprint density at radius 1 is 1.20 bits per heavy atom. The first-order chi connectivity index (χ1) is 9.47. The third-order valence-electron chi connectivity index (χ3n) is 2.77.